The van der Waals surface area contributed by atoms with Gasteiger partial charge in [0.15, 0.2) is 5.78 Å². The van der Waals surface area contributed by atoms with Crippen LogP contribution in [0.5, 0.6) is 0 Å². The van der Waals surface area contributed by atoms with E-state index in [1.54, 1.807) is 24.3 Å². The van der Waals surface area contributed by atoms with E-state index in [4.69, 9.17) is 0 Å². The smallest absolute Gasteiger partial charge is 0.408 e. The third kappa shape index (κ3) is 3.53. The summed E-state index contributed by atoms with van der Waals surface area (Å²) in [5.74, 6) is -0.201. The summed E-state index contributed by atoms with van der Waals surface area (Å²) < 4.78 is 0. The molecule has 2 unspecified atom stereocenters. The van der Waals surface area contributed by atoms with Gasteiger partial charge in [0.2, 0.25) is 0 Å². The zero-order chi connectivity index (χ0) is 19.8. The molecule has 1 aliphatic heterocycles. The lowest BCUT2D eigenvalue weighted by Gasteiger charge is -2.41. The Balaban J connectivity index is 2.00. The molecule has 0 saturated heterocycles. The summed E-state index contributed by atoms with van der Waals surface area (Å²) in [5, 5.41) is 21.4. The molecule has 1 aliphatic rings. The van der Waals surface area contributed by atoms with Gasteiger partial charge in [-0.05, 0) is 38.5 Å². The van der Waals surface area contributed by atoms with E-state index in [0.717, 1.165) is 10.6 Å². The second kappa shape index (κ2) is 7.04. The van der Waals surface area contributed by atoms with Crippen molar-refractivity contribution in [3.8, 4) is 0 Å². The molecule has 0 saturated carbocycles. The molecule has 0 radical (unpaired) electrons. The molecule has 0 fully saturated rings. The molecule has 0 aromatic heterocycles. The summed E-state index contributed by atoms with van der Waals surface area (Å²) in [7, 11) is 0. The summed E-state index contributed by atoms with van der Waals surface area (Å²) >= 11 is 0. The van der Waals surface area contributed by atoms with Gasteiger partial charge < -0.3 is 5.11 Å². The van der Waals surface area contributed by atoms with E-state index in [9.17, 15) is 19.9 Å². The molecule has 2 atom stereocenters. The fourth-order valence-electron chi connectivity index (χ4n) is 3.71. The number of carbonyl (C=O) groups is 2. The molecule has 1 heterocycles. The van der Waals surface area contributed by atoms with Crippen LogP contribution in [0.4, 0.5) is 10.5 Å². The van der Waals surface area contributed by atoms with Crippen LogP contribution >= 0.6 is 0 Å². The fraction of sp³-hybridized carbons (Fsp3) is 0.333. The minimum absolute atomic E-state index is 0.150. The molecule has 0 spiro atoms. The lowest BCUT2D eigenvalue weighted by molar-refractivity contribution is 0.0568. The van der Waals surface area contributed by atoms with Crippen LogP contribution in [0.2, 0.25) is 0 Å². The number of benzene rings is 2. The van der Waals surface area contributed by atoms with Gasteiger partial charge in [0, 0.05) is 17.5 Å². The van der Waals surface area contributed by atoms with Crippen molar-refractivity contribution in [1.82, 2.24) is 4.90 Å². The number of anilines is 1. The van der Waals surface area contributed by atoms with Gasteiger partial charge >= 0.3 is 6.09 Å². The third-order valence-electron chi connectivity index (χ3n) is 4.89. The van der Waals surface area contributed by atoms with E-state index in [1.165, 1.54) is 4.90 Å². The van der Waals surface area contributed by atoms with E-state index in [0.29, 0.717) is 11.3 Å². The third-order valence-corrected chi connectivity index (χ3v) is 4.89. The number of Topliss-reactive ketones (excluding diaryl/α,β-unsaturated/α-hetero) is 1. The molecule has 27 heavy (non-hydrogen) atoms. The van der Waals surface area contributed by atoms with Crippen LogP contribution in [0.1, 0.15) is 49.2 Å². The molecule has 3 rings (SSSR count). The Hall–Kier alpha value is -2.86. The highest BCUT2D eigenvalue weighted by Gasteiger charge is 2.42. The summed E-state index contributed by atoms with van der Waals surface area (Å²) in [6.45, 7) is 5.46. The first-order valence-corrected chi connectivity index (χ1v) is 8.90. The number of para-hydroxylation sites is 1. The minimum Gasteiger partial charge on any atom is -0.465 e. The van der Waals surface area contributed by atoms with Crippen LogP contribution < -0.4 is 5.06 Å². The Labute approximate surface area is 158 Å². The topological polar surface area (TPSA) is 81.1 Å². The summed E-state index contributed by atoms with van der Waals surface area (Å²) in [6.07, 6.45) is -0.916. The van der Waals surface area contributed by atoms with Crippen molar-refractivity contribution in [2.24, 2.45) is 0 Å². The Kier molecular flexibility index (Phi) is 4.93. The second-order valence-corrected chi connectivity index (χ2v) is 7.73. The van der Waals surface area contributed by atoms with Gasteiger partial charge in [-0.3, -0.25) is 14.9 Å². The van der Waals surface area contributed by atoms with E-state index in [-0.39, 0.29) is 12.2 Å². The van der Waals surface area contributed by atoms with Crippen molar-refractivity contribution in [3.05, 3.63) is 65.7 Å². The number of fused-ring (bicyclic) bond motifs is 1. The molecule has 6 heteroatoms. The molecular weight excluding hydrogens is 344 g/mol. The van der Waals surface area contributed by atoms with Crippen molar-refractivity contribution in [1.29, 1.82) is 0 Å². The van der Waals surface area contributed by atoms with Gasteiger partial charge in [-0.25, -0.2) is 9.86 Å². The van der Waals surface area contributed by atoms with Crippen LogP contribution in [-0.4, -0.2) is 38.7 Å². The van der Waals surface area contributed by atoms with Crippen LogP contribution in [0.3, 0.4) is 0 Å². The molecule has 6 nitrogen and oxygen atoms in total. The zero-order valence-electron chi connectivity index (χ0n) is 15.7. The second-order valence-electron chi connectivity index (χ2n) is 7.73. The highest BCUT2D eigenvalue weighted by molar-refractivity contribution is 6.10. The number of carboxylic acid groups (broad SMARTS) is 1. The number of hydrogen-bond acceptors (Lipinski definition) is 4. The summed E-state index contributed by atoms with van der Waals surface area (Å²) in [5.41, 5.74) is 1.01. The Morgan fingerprint density at radius 1 is 1.11 bits per heavy atom. The summed E-state index contributed by atoms with van der Waals surface area (Å²) in [6, 6.07) is 14.7. The van der Waals surface area contributed by atoms with Crippen LogP contribution in [-0.2, 0) is 0 Å². The normalized spacial score (nSPS) is 17.6. The largest absolute Gasteiger partial charge is 0.465 e. The Bertz CT molecular complexity index is 845. The lowest BCUT2D eigenvalue weighted by atomic mass is 9.92. The number of ketones is 1. The molecular formula is C21H24N2O4. The quantitative estimate of drug-likeness (QED) is 0.838. The van der Waals surface area contributed by atoms with Crippen molar-refractivity contribution >= 4 is 17.6 Å². The fourth-order valence-corrected chi connectivity index (χ4v) is 3.71. The maximum absolute atomic E-state index is 12.8. The number of amides is 1. The van der Waals surface area contributed by atoms with Gasteiger partial charge in [-0.15, -0.1) is 0 Å². The van der Waals surface area contributed by atoms with Crippen LogP contribution in [0, 0.1) is 0 Å². The van der Waals surface area contributed by atoms with Gasteiger partial charge in [-0.1, -0.05) is 42.5 Å². The number of hydrogen-bond donors (Lipinski definition) is 2. The van der Waals surface area contributed by atoms with Gasteiger partial charge in [0.25, 0.3) is 0 Å². The number of carbonyl (C=O) groups excluding carboxylic acids is 1. The first-order chi connectivity index (χ1) is 12.7. The first kappa shape index (κ1) is 18.9. The van der Waals surface area contributed by atoms with Crippen molar-refractivity contribution < 1.29 is 19.9 Å². The standard InChI is InChI=1S/C21H24N2O4/c1-21(2,3)22(20(25)26)17(14-9-5-4-6-10-14)13-18-19(24)15-11-7-8-12-16(15)23(18)27/h4-12,17-18,27H,13H2,1-3H3,(H,25,26). The van der Waals surface area contributed by atoms with Crippen molar-refractivity contribution in [2.45, 2.75) is 44.8 Å². The van der Waals surface area contributed by atoms with E-state index >= 15 is 0 Å². The zero-order valence-corrected chi connectivity index (χ0v) is 15.7. The first-order valence-electron chi connectivity index (χ1n) is 8.90. The van der Waals surface area contributed by atoms with Crippen molar-refractivity contribution in [3.63, 3.8) is 0 Å². The lowest BCUT2D eigenvalue weighted by Crippen LogP contribution is -2.49. The van der Waals surface area contributed by atoms with Gasteiger partial charge in [-0.2, -0.15) is 0 Å². The number of nitrogens with zero attached hydrogens (tertiary/aromatic N) is 2. The molecule has 1 amide bonds. The average molecular weight is 368 g/mol. The SMILES string of the molecule is CC(C)(C)N(C(=O)O)C(CC1C(=O)c2ccccc2N1O)c1ccccc1. The molecule has 2 aromatic carbocycles. The molecule has 0 bridgehead atoms. The van der Waals surface area contributed by atoms with E-state index in [2.05, 4.69) is 0 Å². The average Bonchev–Trinajstić information content (AvgIpc) is 2.85. The predicted molar refractivity (Wildman–Crippen MR) is 102 cm³/mol. The highest BCUT2D eigenvalue weighted by atomic mass is 16.5. The van der Waals surface area contributed by atoms with E-state index in [1.807, 2.05) is 51.1 Å². The number of rotatable bonds is 4. The molecule has 0 aliphatic carbocycles. The number of hydroxylamine groups is 1. The van der Waals surface area contributed by atoms with E-state index < -0.39 is 23.7 Å². The predicted octanol–water partition coefficient (Wildman–Crippen LogP) is 4.36. The van der Waals surface area contributed by atoms with Crippen molar-refractivity contribution in [2.75, 3.05) is 5.06 Å². The van der Waals surface area contributed by atoms with Crippen LogP contribution in [0.15, 0.2) is 54.6 Å². The van der Waals surface area contributed by atoms with Crippen LogP contribution in [0.25, 0.3) is 0 Å². The monoisotopic (exact) mass is 368 g/mol. The summed E-state index contributed by atoms with van der Waals surface area (Å²) in [4.78, 5) is 26.3. The molecule has 142 valence electrons. The maximum Gasteiger partial charge on any atom is 0.408 e. The highest BCUT2D eigenvalue weighted by Crippen LogP contribution is 2.38. The Morgan fingerprint density at radius 2 is 1.70 bits per heavy atom. The molecule has 2 aromatic rings. The Morgan fingerprint density at radius 3 is 2.26 bits per heavy atom. The van der Waals surface area contributed by atoms with Gasteiger partial charge in [0.05, 0.1) is 11.7 Å². The minimum atomic E-state index is -1.07. The molecule has 2 N–H and O–H groups in total. The van der Waals surface area contributed by atoms with Gasteiger partial charge in [0.1, 0.15) is 6.04 Å². The maximum atomic E-state index is 12.8.